The molecule has 0 saturated carbocycles. The van der Waals surface area contributed by atoms with Crippen LogP contribution in [0.2, 0.25) is 0 Å². The Morgan fingerprint density at radius 1 is 1.50 bits per heavy atom. The average Bonchev–Trinajstić information content (AvgIpc) is 2.74. The van der Waals surface area contributed by atoms with Crippen molar-refractivity contribution in [1.82, 2.24) is 14.6 Å². The molecule has 1 aromatic rings. The van der Waals surface area contributed by atoms with Crippen molar-refractivity contribution in [3.05, 3.63) is 18.3 Å². The first-order valence-corrected chi connectivity index (χ1v) is 7.35. The van der Waals surface area contributed by atoms with Crippen molar-refractivity contribution in [1.29, 1.82) is 0 Å². The van der Waals surface area contributed by atoms with Gasteiger partial charge in [-0.3, -0.25) is 0 Å². The highest BCUT2D eigenvalue weighted by molar-refractivity contribution is 7.89. The SMILES string of the molecule is CNc1cccnc1S(=O)(=O)NC1CCN(C)C1. The molecule has 2 heterocycles. The summed E-state index contributed by atoms with van der Waals surface area (Å²) in [5.74, 6) is 0. The van der Waals surface area contributed by atoms with E-state index >= 15 is 0 Å². The Bertz CT molecular complexity index is 518. The maximum atomic E-state index is 12.2. The Kier molecular flexibility index (Phi) is 3.84. The molecule has 1 saturated heterocycles. The van der Waals surface area contributed by atoms with E-state index in [1.165, 1.54) is 6.20 Å². The molecule has 0 aliphatic carbocycles. The molecule has 7 heteroatoms. The van der Waals surface area contributed by atoms with Gasteiger partial charge in [-0.15, -0.1) is 0 Å². The molecule has 0 aromatic carbocycles. The second-order valence-electron chi connectivity index (χ2n) is 4.48. The summed E-state index contributed by atoms with van der Waals surface area (Å²) in [5, 5.41) is 2.90. The zero-order chi connectivity index (χ0) is 13.2. The fourth-order valence-corrected chi connectivity index (χ4v) is 3.50. The van der Waals surface area contributed by atoms with E-state index in [1.54, 1.807) is 19.2 Å². The van der Waals surface area contributed by atoms with E-state index < -0.39 is 10.0 Å². The van der Waals surface area contributed by atoms with Crippen molar-refractivity contribution in [3.63, 3.8) is 0 Å². The van der Waals surface area contributed by atoms with Gasteiger partial charge in [-0.2, -0.15) is 0 Å². The lowest BCUT2D eigenvalue weighted by molar-refractivity contribution is 0.407. The molecule has 1 aromatic heterocycles. The molecular formula is C11H18N4O2S. The quantitative estimate of drug-likeness (QED) is 0.812. The van der Waals surface area contributed by atoms with Gasteiger partial charge in [-0.1, -0.05) is 0 Å². The van der Waals surface area contributed by atoms with Gasteiger partial charge in [0.05, 0.1) is 5.69 Å². The lowest BCUT2D eigenvalue weighted by Crippen LogP contribution is -2.37. The van der Waals surface area contributed by atoms with Gasteiger partial charge in [0.25, 0.3) is 10.0 Å². The summed E-state index contributed by atoms with van der Waals surface area (Å²) in [6.07, 6.45) is 2.31. The smallest absolute Gasteiger partial charge is 0.260 e. The number of nitrogens with one attached hydrogen (secondary N) is 2. The van der Waals surface area contributed by atoms with E-state index in [0.717, 1.165) is 19.5 Å². The fraction of sp³-hybridized carbons (Fsp3) is 0.545. The number of likely N-dealkylation sites (N-methyl/N-ethyl adjacent to an activating group) is 1. The topological polar surface area (TPSA) is 74.3 Å². The zero-order valence-corrected chi connectivity index (χ0v) is 11.4. The Labute approximate surface area is 107 Å². The first kappa shape index (κ1) is 13.3. The molecule has 1 unspecified atom stereocenters. The molecule has 2 rings (SSSR count). The van der Waals surface area contributed by atoms with Crippen LogP contribution in [-0.4, -0.2) is 51.5 Å². The molecule has 1 atom stereocenters. The van der Waals surface area contributed by atoms with Crippen molar-refractivity contribution in [2.24, 2.45) is 0 Å². The van der Waals surface area contributed by atoms with Crippen LogP contribution in [0.4, 0.5) is 5.69 Å². The summed E-state index contributed by atoms with van der Waals surface area (Å²) in [6.45, 7) is 1.65. The van der Waals surface area contributed by atoms with Crippen LogP contribution in [0.15, 0.2) is 23.4 Å². The third-order valence-electron chi connectivity index (χ3n) is 3.01. The standard InChI is InChI=1S/C11H18N4O2S/c1-12-10-4-3-6-13-11(10)18(16,17)14-9-5-7-15(2)8-9/h3-4,6,9,12,14H,5,7-8H2,1-2H3. The molecule has 2 N–H and O–H groups in total. The lowest BCUT2D eigenvalue weighted by Gasteiger charge is -2.14. The van der Waals surface area contributed by atoms with Crippen LogP contribution in [-0.2, 0) is 10.0 Å². The van der Waals surface area contributed by atoms with Crippen molar-refractivity contribution < 1.29 is 8.42 Å². The van der Waals surface area contributed by atoms with E-state index in [2.05, 4.69) is 19.9 Å². The number of sulfonamides is 1. The van der Waals surface area contributed by atoms with E-state index in [-0.39, 0.29) is 11.1 Å². The van der Waals surface area contributed by atoms with E-state index in [1.807, 2.05) is 7.05 Å². The molecule has 1 aliphatic rings. The minimum Gasteiger partial charge on any atom is -0.386 e. The van der Waals surface area contributed by atoms with Gasteiger partial charge in [-0.25, -0.2) is 18.1 Å². The maximum Gasteiger partial charge on any atom is 0.260 e. The minimum absolute atomic E-state index is 0.0355. The number of rotatable bonds is 4. The van der Waals surface area contributed by atoms with Crippen LogP contribution in [0.1, 0.15) is 6.42 Å². The molecular weight excluding hydrogens is 252 g/mol. The van der Waals surface area contributed by atoms with Gasteiger partial charge >= 0.3 is 0 Å². The molecule has 0 spiro atoms. The monoisotopic (exact) mass is 270 g/mol. The summed E-state index contributed by atoms with van der Waals surface area (Å²) in [6, 6.07) is 3.36. The number of hydrogen-bond acceptors (Lipinski definition) is 5. The van der Waals surface area contributed by atoms with Gasteiger partial charge in [0.1, 0.15) is 0 Å². The number of anilines is 1. The highest BCUT2D eigenvalue weighted by atomic mass is 32.2. The molecule has 1 aliphatic heterocycles. The molecule has 1 fully saturated rings. The molecule has 18 heavy (non-hydrogen) atoms. The Balaban J connectivity index is 2.20. The summed E-state index contributed by atoms with van der Waals surface area (Å²) in [4.78, 5) is 6.06. The molecule has 0 amide bonds. The third-order valence-corrected chi connectivity index (χ3v) is 4.49. The van der Waals surface area contributed by atoms with Crippen molar-refractivity contribution >= 4 is 15.7 Å². The number of pyridine rings is 1. The van der Waals surface area contributed by atoms with Crippen LogP contribution in [0.5, 0.6) is 0 Å². The zero-order valence-electron chi connectivity index (χ0n) is 10.5. The number of nitrogens with zero attached hydrogens (tertiary/aromatic N) is 2. The maximum absolute atomic E-state index is 12.2. The summed E-state index contributed by atoms with van der Waals surface area (Å²) < 4.78 is 27.2. The number of hydrogen-bond donors (Lipinski definition) is 2. The summed E-state index contributed by atoms with van der Waals surface area (Å²) >= 11 is 0. The molecule has 100 valence electrons. The van der Waals surface area contributed by atoms with Crippen molar-refractivity contribution in [2.45, 2.75) is 17.5 Å². The van der Waals surface area contributed by atoms with Gasteiger partial charge in [-0.05, 0) is 32.1 Å². The fourth-order valence-electron chi connectivity index (χ4n) is 2.10. The third kappa shape index (κ3) is 2.80. The lowest BCUT2D eigenvalue weighted by atomic mass is 10.3. The van der Waals surface area contributed by atoms with Gasteiger partial charge in [0.15, 0.2) is 5.03 Å². The largest absolute Gasteiger partial charge is 0.386 e. The van der Waals surface area contributed by atoms with Crippen molar-refractivity contribution in [2.75, 3.05) is 32.5 Å². The first-order valence-electron chi connectivity index (χ1n) is 5.86. The van der Waals surface area contributed by atoms with E-state index in [9.17, 15) is 8.42 Å². The Hall–Kier alpha value is -1.18. The Morgan fingerprint density at radius 2 is 2.28 bits per heavy atom. The first-order chi connectivity index (χ1) is 8.53. The van der Waals surface area contributed by atoms with Gasteiger partial charge < -0.3 is 10.2 Å². The van der Waals surface area contributed by atoms with Crippen LogP contribution in [0, 0.1) is 0 Å². The van der Waals surface area contributed by atoms with Gasteiger partial charge in [0.2, 0.25) is 0 Å². The number of likely N-dealkylation sites (tertiary alicyclic amines) is 1. The highest BCUT2D eigenvalue weighted by Gasteiger charge is 2.27. The minimum atomic E-state index is -3.56. The number of aromatic nitrogens is 1. The highest BCUT2D eigenvalue weighted by Crippen LogP contribution is 2.18. The predicted molar refractivity (Wildman–Crippen MR) is 70.0 cm³/mol. The second-order valence-corrected chi connectivity index (χ2v) is 6.10. The van der Waals surface area contributed by atoms with Crippen LogP contribution < -0.4 is 10.0 Å². The van der Waals surface area contributed by atoms with Crippen LogP contribution in [0.25, 0.3) is 0 Å². The normalized spacial score (nSPS) is 21.1. The van der Waals surface area contributed by atoms with Crippen LogP contribution >= 0.6 is 0 Å². The average molecular weight is 270 g/mol. The van der Waals surface area contributed by atoms with Crippen LogP contribution in [0.3, 0.4) is 0 Å². The summed E-state index contributed by atoms with van der Waals surface area (Å²) in [5.41, 5.74) is 0.511. The predicted octanol–water partition coefficient (Wildman–Crippen LogP) is 0.106. The molecule has 6 nitrogen and oxygen atoms in total. The molecule has 0 radical (unpaired) electrons. The second kappa shape index (κ2) is 5.21. The van der Waals surface area contributed by atoms with E-state index in [4.69, 9.17) is 0 Å². The van der Waals surface area contributed by atoms with Gasteiger partial charge in [0, 0.05) is 25.8 Å². The van der Waals surface area contributed by atoms with E-state index in [0.29, 0.717) is 5.69 Å². The molecule has 0 bridgehead atoms. The Morgan fingerprint density at radius 3 is 2.89 bits per heavy atom. The summed E-state index contributed by atoms with van der Waals surface area (Å²) in [7, 11) is 0.100. The van der Waals surface area contributed by atoms with Crippen molar-refractivity contribution in [3.8, 4) is 0 Å².